The predicted molar refractivity (Wildman–Crippen MR) is 75.7 cm³/mol. The van der Waals surface area contributed by atoms with E-state index in [-0.39, 0.29) is 4.90 Å². The van der Waals surface area contributed by atoms with Crippen LogP contribution in [0.1, 0.15) is 12.8 Å². The van der Waals surface area contributed by atoms with Gasteiger partial charge in [0, 0.05) is 33.4 Å². The zero-order valence-electron chi connectivity index (χ0n) is 11.3. The molecule has 0 saturated carbocycles. The van der Waals surface area contributed by atoms with E-state index in [0.717, 1.165) is 24.2 Å². The van der Waals surface area contributed by atoms with E-state index in [1.807, 2.05) is 19.0 Å². The van der Waals surface area contributed by atoms with Gasteiger partial charge in [0.25, 0.3) is 0 Å². The highest BCUT2D eigenvalue weighted by molar-refractivity contribution is 7.89. The molecule has 6 heteroatoms. The molecular weight excluding hydrogens is 262 g/mol. The molecule has 0 aliphatic carbocycles. The minimum absolute atomic E-state index is 0.255. The van der Waals surface area contributed by atoms with Crippen molar-refractivity contribution >= 4 is 15.8 Å². The molecule has 1 saturated heterocycles. The fourth-order valence-electron chi connectivity index (χ4n) is 1.98. The van der Waals surface area contributed by atoms with Crippen molar-refractivity contribution in [3.8, 4) is 0 Å². The van der Waals surface area contributed by atoms with E-state index in [0.29, 0.717) is 13.1 Å². The molecule has 0 atom stereocenters. The first kappa shape index (κ1) is 14.0. The molecule has 0 N–H and O–H groups in total. The fraction of sp³-hybridized carbons (Fsp3) is 0.462. The van der Waals surface area contributed by atoms with E-state index >= 15 is 0 Å². The molecule has 1 fully saturated rings. The van der Waals surface area contributed by atoms with Gasteiger partial charge in [-0.2, -0.15) is 4.31 Å². The lowest BCUT2D eigenvalue weighted by molar-refractivity contribution is 0.387. The van der Waals surface area contributed by atoms with Gasteiger partial charge in [0.1, 0.15) is 10.7 Å². The van der Waals surface area contributed by atoms with Crippen LogP contribution in [0.5, 0.6) is 0 Å². The molecule has 0 bridgehead atoms. The molecule has 0 aromatic carbocycles. The molecule has 1 aromatic rings. The Bertz CT molecular complexity index is 554. The van der Waals surface area contributed by atoms with Crippen LogP contribution in [0.25, 0.3) is 0 Å². The summed E-state index contributed by atoms with van der Waals surface area (Å²) in [6.45, 7) is 4.92. The van der Waals surface area contributed by atoms with Crippen LogP contribution in [0.3, 0.4) is 0 Å². The molecule has 2 heterocycles. The van der Waals surface area contributed by atoms with Crippen molar-refractivity contribution in [1.82, 2.24) is 9.29 Å². The van der Waals surface area contributed by atoms with Gasteiger partial charge in [-0.15, -0.1) is 0 Å². The highest BCUT2D eigenvalue weighted by atomic mass is 32.2. The first-order valence-corrected chi connectivity index (χ1v) is 7.65. The maximum atomic E-state index is 12.4. The summed E-state index contributed by atoms with van der Waals surface area (Å²) in [4.78, 5) is 6.25. The van der Waals surface area contributed by atoms with Gasteiger partial charge in [-0.1, -0.05) is 12.2 Å². The number of aromatic nitrogens is 1. The smallest absolute Gasteiger partial charge is 0.244 e. The van der Waals surface area contributed by atoms with Crippen molar-refractivity contribution in [1.29, 1.82) is 0 Å². The third kappa shape index (κ3) is 2.96. The Kier molecular flexibility index (Phi) is 3.91. The lowest BCUT2D eigenvalue weighted by Gasteiger charge is -2.27. The van der Waals surface area contributed by atoms with Crippen molar-refractivity contribution in [2.75, 3.05) is 32.1 Å². The zero-order chi connectivity index (χ0) is 14.0. The third-order valence-electron chi connectivity index (χ3n) is 3.25. The maximum Gasteiger partial charge on any atom is 0.244 e. The van der Waals surface area contributed by atoms with Crippen LogP contribution in [-0.2, 0) is 10.0 Å². The summed E-state index contributed by atoms with van der Waals surface area (Å²) in [5.41, 5.74) is 1.12. The molecule has 0 unspecified atom stereocenters. The highest BCUT2D eigenvalue weighted by Gasteiger charge is 2.27. The Morgan fingerprint density at radius 1 is 1.26 bits per heavy atom. The normalized spacial score (nSPS) is 17.5. The Hall–Kier alpha value is -1.40. The van der Waals surface area contributed by atoms with Crippen molar-refractivity contribution in [2.45, 2.75) is 17.7 Å². The van der Waals surface area contributed by atoms with E-state index in [9.17, 15) is 8.42 Å². The average Bonchev–Trinajstić information content (AvgIpc) is 2.39. The molecule has 0 amide bonds. The van der Waals surface area contributed by atoms with Gasteiger partial charge in [-0.25, -0.2) is 13.4 Å². The summed E-state index contributed by atoms with van der Waals surface area (Å²) in [7, 11) is 0.319. The Labute approximate surface area is 114 Å². The largest absolute Gasteiger partial charge is 0.363 e. The van der Waals surface area contributed by atoms with E-state index in [2.05, 4.69) is 11.6 Å². The molecule has 1 aliphatic rings. The Morgan fingerprint density at radius 3 is 2.37 bits per heavy atom. The molecule has 2 rings (SSSR count). The monoisotopic (exact) mass is 281 g/mol. The molecule has 1 aromatic heterocycles. The van der Waals surface area contributed by atoms with Crippen LogP contribution in [0.15, 0.2) is 35.4 Å². The second-order valence-corrected chi connectivity index (χ2v) is 6.84. The SMILES string of the molecule is C=C1CCN(S(=O)(=O)c2ccc(N(C)C)nc2)CC1. The number of hydrogen-bond donors (Lipinski definition) is 0. The summed E-state index contributed by atoms with van der Waals surface area (Å²) in [5.74, 6) is 0.742. The number of rotatable bonds is 3. The van der Waals surface area contributed by atoms with Gasteiger partial charge < -0.3 is 4.90 Å². The molecule has 5 nitrogen and oxygen atoms in total. The van der Waals surface area contributed by atoms with Gasteiger partial charge in [0.2, 0.25) is 10.0 Å². The maximum absolute atomic E-state index is 12.4. The Balaban J connectivity index is 2.22. The third-order valence-corrected chi connectivity index (χ3v) is 5.13. The number of sulfonamides is 1. The van der Waals surface area contributed by atoms with Gasteiger partial charge >= 0.3 is 0 Å². The highest BCUT2D eigenvalue weighted by Crippen LogP contribution is 2.22. The summed E-state index contributed by atoms with van der Waals surface area (Å²) in [6.07, 6.45) is 2.90. The summed E-state index contributed by atoms with van der Waals surface area (Å²) in [5, 5.41) is 0. The summed E-state index contributed by atoms with van der Waals surface area (Å²) >= 11 is 0. The number of pyridine rings is 1. The van der Waals surface area contributed by atoms with Crippen molar-refractivity contribution < 1.29 is 8.42 Å². The van der Waals surface area contributed by atoms with E-state index in [1.54, 1.807) is 12.1 Å². The van der Waals surface area contributed by atoms with Gasteiger partial charge in [-0.05, 0) is 25.0 Å². The first-order valence-electron chi connectivity index (χ1n) is 6.21. The molecule has 19 heavy (non-hydrogen) atoms. The van der Waals surface area contributed by atoms with Crippen LogP contribution < -0.4 is 4.90 Å². The fourth-order valence-corrected chi connectivity index (χ4v) is 3.37. The molecular formula is C13H19N3O2S. The summed E-state index contributed by atoms with van der Waals surface area (Å²) in [6, 6.07) is 3.33. The van der Waals surface area contributed by atoms with E-state index in [1.165, 1.54) is 10.5 Å². The predicted octanol–water partition coefficient (Wildman–Crippen LogP) is 1.49. The molecule has 0 radical (unpaired) electrons. The molecule has 0 spiro atoms. The van der Waals surface area contributed by atoms with Crippen LogP contribution >= 0.6 is 0 Å². The zero-order valence-corrected chi connectivity index (χ0v) is 12.2. The average molecular weight is 281 g/mol. The lowest BCUT2D eigenvalue weighted by atomic mass is 10.1. The van der Waals surface area contributed by atoms with Crippen LogP contribution in [0, 0.1) is 0 Å². The quantitative estimate of drug-likeness (QED) is 0.788. The number of nitrogens with zero attached hydrogens (tertiary/aromatic N) is 3. The van der Waals surface area contributed by atoms with Crippen molar-refractivity contribution in [3.63, 3.8) is 0 Å². The minimum Gasteiger partial charge on any atom is -0.363 e. The van der Waals surface area contributed by atoms with Gasteiger partial charge in [-0.3, -0.25) is 0 Å². The second-order valence-electron chi connectivity index (χ2n) is 4.90. The first-order chi connectivity index (χ1) is 8.91. The Morgan fingerprint density at radius 2 is 1.89 bits per heavy atom. The van der Waals surface area contributed by atoms with E-state index < -0.39 is 10.0 Å². The lowest BCUT2D eigenvalue weighted by Crippen LogP contribution is -2.36. The summed E-state index contributed by atoms with van der Waals surface area (Å²) < 4.78 is 26.3. The van der Waals surface area contributed by atoms with Crippen LogP contribution in [0.2, 0.25) is 0 Å². The van der Waals surface area contributed by atoms with Crippen LogP contribution in [-0.4, -0.2) is 44.9 Å². The topological polar surface area (TPSA) is 53.5 Å². The second kappa shape index (κ2) is 5.30. The number of hydrogen-bond acceptors (Lipinski definition) is 4. The molecule has 1 aliphatic heterocycles. The van der Waals surface area contributed by atoms with Gasteiger partial charge in [0.15, 0.2) is 0 Å². The molecule has 104 valence electrons. The van der Waals surface area contributed by atoms with Gasteiger partial charge in [0.05, 0.1) is 0 Å². The standard InChI is InChI=1S/C13H19N3O2S/c1-11-6-8-16(9-7-11)19(17,18)12-4-5-13(14-10-12)15(2)3/h4-5,10H,1,6-9H2,2-3H3. The van der Waals surface area contributed by atoms with Crippen LogP contribution in [0.4, 0.5) is 5.82 Å². The number of anilines is 1. The van der Waals surface area contributed by atoms with E-state index in [4.69, 9.17) is 0 Å². The van der Waals surface area contributed by atoms with Crippen molar-refractivity contribution in [2.24, 2.45) is 0 Å². The number of piperidine rings is 1. The van der Waals surface area contributed by atoms with Crippen molar-refractivity contribution in [3.05, 3.63) is 30.5 Å². The minimum atomic E-state index is -3.42.